The first-order chi connectivity index (χ1) is 28.6. The Hall–Kier alpha value is -4.90. The first kappa shape index (κ1) is 47.2. The summed E-state index contributed by atoms with van der Waals surface area (Å²) in [6.07, 6.45) is -3.44. The minimum Gasteiger partial charge on any atom is -0.464 e. The SMILES string of the molecule is CNC(=O)c1nn(COCC[Si](C)(C)C)c2cc(-c3cc(F)c(OCOCC[Si](C)(C)C)cc3CC(F)(F)F)nc(NCc3ccccc3N(C)S(=O)(=O)c3cccnc3)c12. The molecular formula is C41H53F4N7O6SSi2. The second kappa shape index (κ2) is 19.4. The maximum atomic E-state index is 15.9. The van der Waals surface area contributed by atoms with Gasteiger partial charge in [0.2, 0.25) is 0 Å². The molecule has 61 heavy (non-hydrogen) atoms. The molecule has 3 aromatic heterocycles. The van der Waals surface area contributed by atoms with Crippen molar-refractivity contribution < 1.29 is 45.0 Å². The summed E-state index contributed by atoms with van der Waals surface area (Å²) in [4.78, 5) is 22.0. The molecule has 20 heteroatoms. The fourth-order valence-corrected chi connectivity index (χ4v) is 8.86. The number of aromatic nitrogens is 4. The second-order valence-corrected chi connectivity index (χ2v) is 30.1. The van der Waals surface area contributed by atoms with Gasteiger partial charge in [0.15, 0.2) is 24.1 Å². The number of benzene rings is 2. The van der Waals surface area contributed by atoms with E-state index in [4.69, 9.17) is 19.2 Å². The maximum Gasteiger partial charge on any atom is 0.393 e. The average Bonchev–Trinajstić information content (AvgIpc) is 3.56. The fourth-order valence-electron chi connectivity index (χ4n) is 6.15. The highest BCUT2D eigenvalue weighted by Gasteiger charge is 2.32. The molecular weight excluding hydrogens is 851 g/mol. The lowest BCUT2D eigenvalue weighted by Crippen LogP contribution is -2.28. The standard InChI is InChI=1S/C41H53F4N7O6SSi2/c1-46-40(53)38-37-35(52(50-38)26-56-16-18-60(3,4)5)22-33(31-21-32(42)36(20-29(31)23-41(43,44)45)58-27-57-17-19-61(6,7)8)49-39(37)48-24-28-12-9-10-14-34(28)51(2)59(54,55)30-13-11-15-47-25-30/h9-15,20-22,25H,16-19,23-24,26-27H2,1-8H3,(H,46,53)(H,48,49). The summed E-state index contributed by atoms with van der Waals surface area (Å²) in [5.41, 5.74) is 0.429. The summed E-state index contributed by atoms with van der Waals surface area (Å²) in [5.74, 6) is -1.92. The molecule has 0 radical (unpaired) electrons. The fraction of sp³-hybridized carbons (Fsp3) is 0.415. The molecule has 0 fully saturated rings. The number of para-hydroxylation sites is 1. The van der Waals surface area contributed by atoms with Gasteiger partial charge in [-0.3, -0.25) is 14.1 Å². The van der Waals surface area contributed by atoms with Crippen molar-refractivity contribution in [3.8, 4) is 17.0 Å². The number of sulfonamides is 1. The van der Waals surface area contributed by atoms with E-state index < -0.39 is 56.2 Å². The average molecular weight is 904 g/mol. The third kappa shape index (κ3) is 12.6. The van der Waals surface area contributed by atoms with Crippen LogP contribution in [0.3, 0.4) is 0 Å². The summed E-state index contributed by atoms with van der Waals surface area (Å²) in [6, 6.07) is 14.7. The summed E-state index contributed by atoms with van der Waals surface area (Å²) in [5, 5.41) is 10.5. The van der Waals surface area contributed by atoms with Gasteiger partial charge in [-0.25, -0.2) is 22.5 Å². The number of fused-ring (bicyclic) bond motifs is 1. The van der Waals surface area contributed by atoms with Gasteiger partial charge in [-0.1, -0.05) is 57.5 Å². The zero-order valence-electron chi connectivity index (χ0n) is 35.6. The van der Waals surface area contributed by atoms with E-state index in [1.54, 1.807) is 24.3 Å². The predicted octanol–water partition coefficient (Wildman–Crippen LogP) is 8.54. The number of hydrogen-bond donors (Lipinski definition) is 2. The van der Waals surface area contributed by atoms with Crippen LogP contribution in [0.15, 0.2) is 71.9 Å². The van der Waals surface area contributed by atoms with Crippen molar-refractivity contribution >= 4 is 54.5 Å². The number of carbonyl (C=O) groups excluding carboxylic acids is 1. The number of carbonyl (C=O) groups is 1. The van der Waals surface area contributed by atoms with E-state index in [1.807, 2.05) is 0 Å². The second-order valence-electron chi connectivity index (χ2n) is 16.9. The van der Waals surface area contributed by atoms with Gasteiger partial charge in [0.25, 0.3) is 15.9 Å². The van der Waals surface area contributed by atoms with Gasteiger partial charge in [0.1, 0.15) is 17.4 Å². The molecule has 0 spiro atoms. The number of ether oxygens (including phenoxy) is 3. The van der Waals surface area contributed by atoms with Crippen molar-refractivity contribution in [3.63, 3.8) is 0 Å². The van der Waals surface area contributed by atoms with Crippen LogP contribution in [-0.4, -0.2) is 90.5 Å². The molecule has 0 saturated carbocycles. The van der Waals surface area contributed by atoms with Crippen molar-refractivity contribution in [3.05, 3.63) is 89.6 Å². The largest absolute Gasteiger partial charge is 0.464 e. The number of hydrogen-bond acceptors (Lipinski definition) is 10. The van der Waals surface area contributed by atoms with E-state index in [-0.39, 0.29) is 64.2 Å². The Labute approximate surface area is 355 Å². The van der Waals surface area contributed by atoms with E-state index in [2.05, 4.69) is 60.0 Å². The molecule has 0 saturated heterocycles. The smallest absolute Gasteiger partial charge is 0.393 e. The van der Waals surface area contributed by atoms with Gasteiger partial charge in [-0.05, 0) is 59.6 Å². The molecule has 330 valence electrons. The normalized spacial score (nSPS) is 12.5. The number of nitrogens with one attached hydrogen (secondary N) is 2. The Morgan fingerprint density at radius 2 is 1.62 bits per heavy atom. The first-order valence-corrected chi connectivity index (χ1v) is 28.5. The van der Waals surface area contributed by atoms with E-state index in [0.717, 1.165) is 28.5 Å². The Balaban J connectivity index is 1.63. The number of rotatable bonds is 20. The third-order valence-electron chi connectivity index (χ3n) is 9.58. The molecule has 0 aliphatic rings. The highest BCUT2D eigenvalue weighted by atomic mass is 32.2. The molecule has 2 aromatic carbocycles. The number of alkyl halides is 3. The van der Waals surface area contributed by atoms with E-state index >= 15 is 4.39 Å². The van der Waals surface area contributed by atoms with E-state index in [9.17, 15) is 26.4 Å². The van der Waals surface area contributed by atoms with Crippen molar-refractivity contribution in [2.75, 3.05) is 43.7 Å². The highest BCUT2D eigenvalue weighted by molar-refractivity contribution is 7.92. The third-order valence-corrected chi connectivity index (χ3v) is 14.7. The molecule has 5 aromatic rings. The summed E-state index contributed by atoms with van der Waals surface area (Å²) < 4.78 is 105. The summed E-state index contributed by atoms with van der Waals surface area (Å²) in [6.45, 7) is 13.3. The zero-order valence-corrected chi connectivity index (χ0v) is 38.4. The van der Waals surface area contributed by atoms with Crippen molar-refractivity contribution in [1.29, 1.82) is 0 Å². The van der Waals surface area contributed by atoms with Crippen molar-refractivity contribution in [2.24, 2.45) is 0 Å². The van der Waals surface area contributed by atoms with Gasteiger partial charge in [0.05, 0.1) is 28.7 Å². The van der Waals surface area contributed by atoms with Crippen LogP contribution >= 0.6 is 0 Å². The summed E-state index contributed by atoms with van der Waals surface area (Å²) in [7, 11) is -4.16. The predicted molar refractivity (Wildman–Crippen MR) is 233 cm³/mol. The number of halogens is 4. The van der Waals surface area contributed by atoms with E-state index in [0.29, 0.717) is 24.5 Å². The van der Waals surface area contributed by atoms with Gasteiger partial charge < -0.3 is 24.8 Å². The van der Waals surface area contributed by atoms with Crippen LogP contribution in [0.5, 0.6) is 5.75 Å². The Morgan fingerprint density at radius 1 is 0.934 bits per heavy atom. The molecule has 1 amide bonds. The number of amides is 1. The Kier molecular flexibility index (Phi) is 15.0. The Morgan fingerprint density at radius 3 is 2.26 bits per heavy atom. The molecule has 5 rings (SSSR count). The van der Waals surface area contributed by atoms with Crippen molar-refractivity contribution in [1.82, 2.24) is 25.1 Å². The van der Waals surface area contributed by atoms with Gasteiger partial charge >= 0.3 is 6.18 Å². The minimum absolute atomic E-state index is 0.0153. The van der Waals surface area contributed by atoms with Crippen LogP contribution < -0.4 is 19.7 Å². The van der Waals surface area contributed by atoms with Crippen LogP contribution in [0.4, 0.5) is 29.1 Å². The molecule has 0 bridgehead atoms. The van der Waals surface area contributed by atoms with Crippen molar-refractivity contribution in [2.45, 2.75) is 82.1 Å². The summed E-state index contributed by atoms with van der Waals surface area (Å²) >= 11 is 0. The highest BCUT2D eigenvalue weighted by Crippen LogP contribution is 2.38. The van der Waals surface area contributed by atoms with Gasteiger partial charge in [-0.15, -0.1) is 0 Å². The minimum atomic E-state index is -4.70. The van der Waals surface area contributed by atoms with Crippen LogP contribution in [0, 0.1) is 5.82 Å². The Bertz CT molecular complexity index is 2430. The number of anilines is 2. The first-order valence-electron chi connectivity index (χ1n) is 19.6. The lowest BCUT2D eigenvalue weighted by Gasteiger charge is -2.23. The van der Waals surface area contributed by atoms with Gasteiger partial charge in [-0.2, -0.15) is 18.3 Å². The molecule has 2 N–H and O–H groups in total. The topological polar surface area (TPSA) is 150 Å². The van der Waals surface area contributed by atoms with E-state index in [1.165, 1.54) is 49.4 Å². The molecule has 0 aliphatic heterocycles. The lowest BCUT2D eigenvalue weighted by atomic mass is 9.99. The van der Waals surface area contributed by atoms with Crippen LogP contribution in [0.1, 0.15) is 21.6 Å². The quantitative estimate of drug-likeness (QED) is 0.0337. The number of pyridine rings is 2. The maximum absolute atomic E-state index is 15.9. The van der Waals surface area contributed by atoms with Crippen LogP contribution in [-0.2, 0) is 39.2 Å². The van der Waals surface area contributed by atoms with Crippen LogP contribution in [0.25, 0.3) is 22.2 Å². The monoisotopic (exact) mass is 903 g/mol. The molecule has 3 heterocycles. The van der Waals surface area contributed by atoms with Crippen LogP contribution in [0.2, 0.25) is 51.4 Å². The lowest BCUT2D eigenvalue weighted by molar-refractivity contribution is -0.127. The molecule has 0 atom stereocenters. The van der Waals surface area contributed by atoms with Gasteiger partial charge in [0, 0.05) is 68.0 Å². The molecule has 0 aliphatic carbocycles. The molecule has 0 unspecified atom stereocenters. The molecule has 13 nitrogen and oxygen atoms in total. The zero-order chi connectivity index (χ0) is 44.8. The number of nitrogens with zero attached hydrogens (tertiary/aromatic N) is 5.